The molecule has 0 bridgehead atoms. The van der Waals surface area contributed by atoms with E-state index in [0.717, 1.165) is 37.2 Å². The standard InChI is InChI=1S/C22H36N2O2/c1-3-5-7-9-11-13-22(25)24-23-19-20-14-16-21(17-15-20)26-18-12-10-8-6-4-2/h14-17,19H,3-13,18H2,1-2H3,(H,24,25)/b23-19-. The van der Waals surface area contributed by atoms with Crippen LogP contribution >= 0.6 is 0 Å². The van der Waals surface area contributed by atoms with E-state index in [2.05, 4.69) is 24.4 Å². The van der Waals surface area contributed by atoms with Gasteiger partial charge in [-0.2, -0.15) is 5.10 Å². The average molecular weight is 361 g/mol. The van der Waals surface area contributed by atoms with E-state index in [9.17, 15) is 4.79 Å². The first-order valence-corrected chi connectivity index (χ1v) is 10.3. The fourth-order valence-electron chi connectivity index (χ4n) is 2.67. The maximum Gasteiger partial charge on any atom is 0.240 e. The van der Waals surface area contributed by atoms with Gasteiger partial charge in [0, 0.05) is 6.42 Å². The monoisotopic (exact) mass is 360 g/mol. The molecule has 0 spiro atoms. The predicted octanol–water partition coefficient (Wildman–Crippen LogP) is 5.85. The van der Waals surface area contributed by atoms with Crippen molar-refractivity contribution in [3.8, 4) is 5.75 Å². The van der Waals surface area contributed by atoms with Gasteiger partial charge in [-0.05, 0) is 42.7 Å². The molecule has 1 N–H and O–H groups in total. The summed E-state index contributed by atoms with van der Waals surface area (Å²) in [5.74, 6) is 0.870. The molecular weight excluding hydrogens is 324 g/mol. The maximum atomic E-state index is 11.7. The largest absolute Gasteiger partial charge is 0.494 e. The van der Waals surface area contributed by atoms with E-state index >= 15 is 0 Å². The van der Waals surface area contributed by atoms with Crippen LogP contribution in [0.5, 0.6) is 5.75 Å². The second-order valence-electron chi connectivity index (χ2n) is 6.79. The number of hydrogen-bond acceptors (Lipinski definition) is 3. The lowest BCUT2D eigenvalue weighted by Crippen LogP contribution is -2.16. The molecule has 0 saturated carbocycles. The van der Waals surface area contributed by atoms with Crippen molar-refractivity contribution < 1.29 is 9.53 Å². The number of hydrazone groups is 1. The Morgan fingerprint density at radius 2 is 1.54 bits per heavy atom. The van der Waals surface area contributed by atoms with Crippen LogP contribution in [-0.2, 0) is 4.79 Å². The summed E-state index contributed by atoms with van der Waals surface area (Å²) in [5.41, 5.74) is 3.54. The van der Waals surface area contributed by atoms with Crippen molar-refractivity contribution in [3.63, 3.8) is 0 Å². The van der Waals surface area contributed by atoms with Crippen molar-refractivity contribution >= 4 is 12.1 Å². The van der Waals surface area contributed by atoms with E-state index in [4.69, 9.17) is 4.74 Å². The van der Waals surface area contributed by atoms with Gasteiger partial charge in [0.05, 0.1) is 12.8 Å². The Morgan fingerprint density at radius 1 is 0.923 bits per heavy atom. The van der Waals surface area contributed by atoms with Crippen LogP contribution in [0.1, 0.15) is 90.0 Å². The number of carbonyl (C=O) groups is 1. The summed E-state index contributed by atoms with van der Waals surface area (Å²) < 4.78 is 5.74. The molecule has 0 heterocycles. The number of amides is 1. The van der Waals surface area contributed by atoms with Crippen LogP contribution in [0.15, 0.2) is 29.4 Å². The molecule has 0 unspecified atom stereocenters. The van der Waals surface area contributed by atoms with Crippen molar-refractivity contribution in [2.45, 2.75) is 84.5 Å². The number of benzene rings is 1. The second kappa shape index (κ2) is 15.4. The Kier molecular flexibility index (Phi) is 13.2. The van der Waals surface area contributed by atoms with Crippen molar-refractivity contribution in [2.24, 2.45) is 5.10 Å². The summed E-state index contributed by atoms with van der Waals surface area (Å²) in [6.45, 7) is 5.18. The summed E-state index contributed by atoms with van der Waals surface area (Å²) in [7, 11) is 0. The van der Waals surface area contributed by atoms with Crippen LogP contribution in [0.3, 0.4) is 0 Å². The van der Waals surface area contributed by atoms with Crippen LogP contribution in [0.25, 0.3) is 0 Å². The molecule has 4 heteroatoms. The minimum Gasteiger partial charge on any atom is -0.494 e. The van der Waals surface area contributed by atoms with Crippen LogP contribution in [0.2, 0.25) is 0 Å². The third-order valence-electron chi connectivity index (χ3n) is 4.31. The first-order chi connectivity index (χ1) is 12.8. The highest BCUT2D eigenvalue weighted by molar-refractivity contribution is 5.82. The van der Waals surface area contributed by atoms with E-state index < -0.39 is 0 Å². The molecule has 4 nitrogen and oxygen atoms in total. The number of nitrogens with zero attached hydrogens (tertiary/aromatic N) is 1. The van der Waals surface area contributed by atoms with Crippen LogP contribution in [0, 0.1) is 0 Å². The average Bonchev–Trinajstić information content (AvgIpc) is 2.65. The first kappa shape index (κ1) is 22.2. The number of ether oxygens (including phenoxy) is 1. The molecule has 0 saturated heterocycles. The van der Waals surface area contributed by atoms with Gasteiger partial charge in [-0.1, -0.05) is 65.2 Å². The van der Waals surface area contributed by atoms with Crippen molar-refractivity contribution in [1.29, 1.82) is 0 Å². The van der Waals surface area contributed by atoms with Gasteiger partial charge >= 0.3 is 0 Å². The van der Waals surface area contributed by atoms with E-state index in [1.165, 1.54) is 44.9 Å². The predicted molar refractivity (Wildman–Crippen MR) is 110 cm³/mol. The zero-order valence-electron chi connectivity index (χ0n) is 16.6. The number of carbonyl (C=O) groups excluding carboxylic acids is 1. The molecule has 0 aromatic heterocycles. The number of unbranched alkanes of at least 4 members (excludes halogenated alkanes) is 8. The van der Waals surface area contributed by atoms with Gasteiger partial charge < -0.3 is 4.74 Å². The Morgan fingerprint density at radius 3 is 2.19 bits per heavy atom. The van der Waals surface area contributed by atoms with Gasteiger partial charge in [-0.25, -0.2) is 5.43 Å². The van der Waals surface area contributed by atoms with E-state index in [1.807, 2.05) is 24.3 Å². The quantitative estimate of drug-likeness (QED) is 0.242. The topological polar surface area (TPSA) is 50.7 Å². The fraction of sp³-hybridized carbons (Fsp3) is 0.636. The SMILES string of the molecule is CCCCCCCOc1ccc(/C=N\NC(=O)CCCCCCC)cc1. The summed E-state index contributed by atoms with van der Waals surface area (Å²) in [6, 6.07) is 7.80. The molecule has 0 aliphatic heterocycles. The Bertz CT molecular complexity index is 497. The smallest absolute Gasteiger partial charge is 0.240 e. The lowest BCUT2D eigenvalue weighted by atomic mass is 10.1. The molecule has 26 heavy (non-hydrogen) atoms. The molecule has 0 aliphatic carbocycles. The van der Waals surface area contributed by atoms with Crippen molar-refractivity contribution in [2.75, 3.05) is 6.61 Å². The number of rotatable bonds is 15. The molecule has 0 atom stereocenters. The second-order valence-corrected chi connectivity index (χ2v) is 6.79. The molecule has 1 aromatic carbocycles. The maximum absolute atomic E-state index is 11.7. The molecule has 1 rings (SSSR count). The summed E-state index contributed by atoms with van der Waals surface area (Å²) in [5, 5.41) is 4.02. The zero-order chi connectivity index (χ0) is 18.9. The van der Waals surface area contributed by atoms with Gasteiger partial charge in [-0.3, -0.25) is 4.79 Å². The first-order valence-electron chi connectivity index (χ1n) is 10.3. The number of nitrogens with one attached hydrogen (secondary N) is 1. The van der Waals surface area contributed by atoms with Gasteiger partial charge in [0.2, 0.25) is 5.91 Å². The zero-order valence-corrected chi connectivity index (χ0v) is 16.6. The minimum absolute atomic E-state index is 0.0132. The molecule has 0 radical (unpaired) electrons. The highest BCUT2D eigenvalue weighted by Gasteiger charge is 1.99. The van der Waals surface area contributed by atoms with Gasteiger partial charge in [0.25, 0.3) is 0 Å². The van der Waals surface area contributed by atoms with Crippen molar-refractivity contribution in [1.82, 2.24) is 5.43 Å². The van der Waals surface area contributed by atoms with Crippen LogP contribution in [-0.4, -0.2) is 18.7 Å². The Hall–Kier alpha value is -1.84. The summed E-state index contributed by atoms with van der Waals surface area (Å²) >= 11 is 0. The van der Waals surface area contributed by atoms with Gasteiger partial charge in [0.15, 0.2) is 0 Å². The lowest BCUT2D eigenvalue weighted by molar-refractivity contribution is -0.121. The van der Waals surface area contributed by atoms with Gasteiger partial charge in [0.1, 0.15) is 5.75 Å². The number of hydrogen-bond donors (Lipinski definition) is 1. The van der Waals surface area contributed by atoms with E-state index in [1.54, 1.807) is 6.21 Å². The molecule has 146 valence electrons. The van der Waals surface area contributed by atoms with Crippen molar-refractivity contribution in [3.05, 3.63) is 29.8 Å². The summed E-state index contributed by atoms with van der Waals surface area (Å²) in [4.78, 5) is 11.7. The summed E-state index contributed by atoms with van der Waals surface area (Å²) in [6.07, 6.45) is 14.2. The molecule has 0 aliphatic rings. The Labute approximate surface area is 159 Å². The Balaban J connectivity index is 2.16. The van der Waals surface area contributed by atoms with E-state index in [-0.39, 0.29) is 5.91 Å². The van der Waals surface area contributed by atoms with Crippen LogP contribution < -0.4 is 10.2 Å². The lowest BCUT2D eigenvalue weighted by Gasteiger charge is -2.06. The highest BCUT2D eigenvalue weighted by Crippen LogP contribution is 2.12. The molecule has 1 aromatic rings. The molecule has 1 amide bonds. The molecular formula is C22H36N2O2. The minimum atomic E-state index is -0.0132. The fourth-order valence-corrected chi connectivity index (χ4v) is 2.67. The van der Waals surface area contributed by atoms with Gasteiger partial charge in [-0.15, -0.1) is 0 Å². The van der Waals surface area contributed by atoms with E-state index in [0.29, 0.717) is 6.42 Å². The third kappa shape index (κ3) is 11.7. The highest BCUT2D eigenvalue weighted by atomic mass is 16.5. The molecule has 0 fully saturated rings. The normalized spacial score (nSPS) is 11.0. The van der Waals surface area contributed by atoms with Crippen LogP contribution in [0.4, 0.5) is 0 Å². The third-order valence-corrected chi connectivity index (χ3v) is 4.31.